The molecule has 0 amide bonds. The van der Waals surface area contributed by atoms with Crippen LogP contribution in [0.15, 0.2) is 60.7 Å². The van der Waals surface area contributed by atoms with E-state index in [1.54, 1.807) is 7.11 Å². The lowest BCUT2D eigenvalue weighted by molar-refractivity contribution is -0.105. The number of carbonyl (C=O) groups is 1. The first-order valence-electron chi connectivity index (χ1n) is 10.9. The second kappa shape index (κ2) is 16.1. The number of carbonyl (C=O) groups excluding carboxylic acids is 1. The number of aryl methyl sites for hydroxylation is 1. The molecule has 31 heavy (non-hydrogen) atoms. The Labute approximate surface area is 189 Å². The van der Waals surface area contributed by atoms with E-state index < -0.39 is 0 Å². The number of benzene rings is 2. The summed E-state index contributed by atoms with van der Waals surface area (Å²) in [5.74, 6) is 6.48. The van der Waals surface area contributed by atoms with Crippen LogP contribution in [0.4, 0.5) is 0 Å². The van der Waals surface area contributed by atoms with Crippen molar-refractivity contribution in [3.63, 3.8) is 0 Å². The topological polar surface area (TPSA) is 29.5 Å². The van der Waals surface area contributed by atoms with Gasteiger partial charge >= 0.3 is 0 Å². The molecule has 0 heterocycles. The van der Waals surface area contributed by atoms with E-state index in [9.17, 15) is 4.79 Å². The van der Waals surface area contributed by atoms with Crippen LogP contribution in [0.1, 0.15) is 48.4 Å². The Kier molecular flexibility index (Phi) is 13.7. The predicted octanol–water partition coefficient (Wildman–Crippen LogP) is 5.31. The fraction of sp³-hybridized carbons (Fsp3) is 0.393. The van der Waals surface area contributed by atoms with Crippen LogP contribution >= 0.6 is 0 Å². The first-order valence-corrected chi connectivity index (χ1v) is 10.9. The molecule has 0 N–H and O–H groups in total. The number of nitrogens with zero attached hydrogens (tertiary/aromatic N) is 1. The standard InChI is InChI=1S/C22H26O.C6H11NO/c1-3-4-5-6-19-7-9-20(10-8-19)11-12-21-13-15-22(16-14-21)17-18-23-2;1-6(5-8)4-7(2)3/h7-10,13-16H,3-6,17-18H2,1-2H3;5H,1,4H2,2-3H3. The van der Waals surface area contributed by atoms with Crippen molar-refractivity contribution in [1.29, 1.82) is 0 Å². The normalized spacial score (nSPS) is 9.97. The maximum atomic E-state index is 9.91. The molecule has 0 aliphatic carbocycles. The van der Waals surface area contributed by atoms with Gasteiger partial charge in [-0.3, -0.25) is 4.79 Å². The van der Waals surface area contributed by atoms with E-state index in [-0.39, 0.29) is 0 Å². The Morgan fingerprint density at radius 2 is 1.45 bits per heavy atom. The highest BCUT2D eigenvalue weighted by Crippen LogP contribution is 2.09. The van der Waals surface area contributed by atoms with Crippen molar-refractivity contribution in [2.45, 2.75) is 39.0 Å². The van der Waals surface area contributed by atoms with Gasteiger partial charge in [-0.25, -0.2) is 0 Å². The molecule has 0 aliphatic rings. The largest absolute Gasteiger partial charge is 0.384 e. The highest BCUT2D eigenvalue weighted by atomic mass is 16.5. The SMILES string of the molecule is C=C(C=O)CN(C)C.CCCCCc1ccc(C#Cc2ccc(CCOC)cc2)cc1. The van der Waals surface area contributed by atoms with Gasteiger partial charge in [0, 0.05) is 24.8 Å². The fourth-order valence-corrected chi connectivity index (χ4v) is 2.90. The van der Waals surface area contributed by atoms with E-state index in [0.29, 0.717) is 12.1 Å². The van der Waals surface area contributed by atoms with E-state index in [2.05, 4.69) is 73.9 Å². The number of hydrogen-bond donors (Lipinski definition) is 0. The van der Waals surface area contributed by atoms with Crippen molar-refractivity contribution in [3.8, 4) is 11.8 Å². The van der Waals surface area contributed by atoms with Gasteiger partial charge in [-0.15, -0.1) is 0 Å². The molecule has 0 aromatic heterocycles. The molecule has 0 fully saturated rings. The molecule has 0 radical (unpaired) electrons. The number of methoxy groups -OCH3 is 1. The van der Waals surface area contributed by atoms with Crippen LogP contribution in [0, 0.1) is 11.8 Å². The highest BCUT2D eigenvalue weighted by molar-refractivity contribution is 5.72. The van der Waals surface area contributed by atoms with Gasteiger partial charge in [0.1, 0.15) is 6.29 Å². The average molecular weight is 420 g/mol. The van der Waals surface area contributed by atoms with Crippen molar-refractivity contribution in [2.75, 3.05) is 34.4 Å². The summed E-state index contributed by atoms with van der Waals surface area (Å²) in [5.41, 5.74) is 5.45. The molecule has 2 rings (SSSR count). The minimum absolute atomic E-state index is 0.620. The number of aldehydes is 1. The molecule has 0 bridgehead atoms. The van der Waals surface area contributed by atoms with Gasteiger partial charge in [-0.2, -0.15) is 0 Å². The van der Waals surface area contributed by atoms with Gasteiger partial charge in [0.2, 0.25) is 0 Å². The molecule has 0 saturated heterocycles. The van der Waals surface area contributed by atoms with E-state index in [4.69, 9.17) is 4.74 Å². The highest BCUT2D eigenvalue weighted by Gasteiger charge is 1.95. The first kappa shape index (κ1) is 26.4. The zero-order valence-corrected chi connectivity index (χ0v) is 19.6. The Bertz CT molecular complexity index is 824. The summed E-state index contributed by atoms with van der Waals surface area (Å²) in [6.45, 7) is 7.16. The van der Waals surface area contributed by atoms with Crippen LogP contribution in [-0.4, -0.2) is 45.5 Å². The lowest BCUT2D eigenvalue weighted by atomic mass is 10.1. The Morgan fingerprint density at radius 1 is 0.935 bits per heavy atom. The first-order chi connectivity index (χ1) is 15.0. The monoisotopic (exact) mass is 419 g/mol. The van der Waals surface area contributed by atoms with Gasteiger partial charge in [-0.05, 0) is 74.3 Å². The summed E-state index contributed by atoms with van der Waals surface area (Å²) in [6.07, 6.45) is 6.75. The number of likely N-dealkylation sites (N-methyl/N-ethyl adjacent to an activating group) is 1. The van der Waals surface area contributed by atoms with Crippen LogP contribution in [0.25, 0.3) is 0 Å². The molecule has 3 nitrogen and oxygen atoms in total. The maximum Gasteiger partial charge on any atom is 0.146 e. The molecule has 0 saturated carbocycles. The lowest BCUT2D eigenvalue weighted by Crippen LogP contribution is -2.14. The van der Waals surface area contributed by atoms with Gasteiger partial charge in [0.15, 0.2) is 0 Å². The van der Waals surface area contributed by atoms with Crippen LogP contribution in [-0.2, 0) is 22.4 Å². The molecular formula is C28H37NO2. The van der Waals surface area contributed by atoms with Gasteiger partial charge < -0.3 is 9.64 Å². The van der Waals surface area contributed by atoms with Crippen molar-refractivity contribution >= 4 is 6.29 Å². The van der Waals surface area contributed by atoms with E-state index >= 15 is 0 Å². The molecule has 2 aromatic carbocycles. The van der Waals surface area contributed by atoms with E-state index in [0.717, 1.165) is 30.4 Å². The lowest BCUT2D eigenvalue weighted by Gasteiger charge is -2.05. The summed E-state index contributed by atoms with van der Waals surface area (Å²) < 4.78 is 5.09. The molecule has 2 aromatic rings. The van der Waals surface area contributed by atoms with Gasteiger partial charge in [0.25, 0.3) is 0 Å². The number of rotatable bonds is 10. The molecule has 0 spiro atoms. The summed E-state index contributed by atoms with van der Waals surface area (Å²) in [7, 11) is 5.53. The van der Waals surface area contributed by atoms with E-state index in [1.807, 2.05) is 19.0 Å². The number of ether oxygens (including phenoxy) is 1. The van der Waals surface area contributed by atoms with Gasteiger partial charge in [-0.1, -0.05) is 62.5 Å². The molecule has 0 atom stereocenters. The average Bonchev–Trinajstić information content (AvgIpc) is 2.78. The quantitative estimate of drug-likeness (QED) is 0.226. The summed E-state index contributed by atoms with van der Waals surface area (Å²) in [5, 5.41) is 0. The molecule has 0 aliphatic heterocycles. The zero-order valence-electron chi connectivity index (χ0n) is 19.6. The number of hydrogen-bond acceptors (Lipinski definition) is 3. The van der Waals surface area contributed by atoms with Crippen molar-refractivity contribution in [3.05, 3.63) is 82.9 Å². The Balaban J connectivity index is 0.000000512. The third-order valence-electron chi connectivity index (χ3n) is 4.61. The number of unbranched alkanes of at least 4 members (excludes halogenated alkanes) is 2. The second-order valence-electron chi connectivity index (χ2n) is 7.86. The van der Waals surface area contributed by atoms with Crippen molar-refractivity contribution in [2.24, 2.45) is 0 Å². The van der Waals surface area contributed by atoms with E-state index in [1.165, 1.54) is 36.8 Å². The van der Waals surface area contributed by atoms with Crippen LogP contribution < -0.4 is 0 Å². The maximum absolute atomic E-state index is 9.91. The Morgan fingerprint density at radius 3 is 1.84 bits per heavy atom. The predicted molar refractivity (Wildman–Crippen MR) is 131 cm³/mol. The molecule has 3 heteroatoms. The minimum Gasteiger partial charge on any atom is -0.384 e. The van der Waals surface area contributed by atoms with Gasteiger partial charge in [0.05, 0.1) is 6.61 Å². The zero-order chi connectivity index (χ0) is 22.9. The summed E-state index contributed by atoms with van der Waals surface area (Å²) in [6, 6.07) is 17.1. The minimum atomic E-state index is 0.620. The molecule has 0 unspecified atom stereocenters. The van der Waals surface area contributed by atoms with Crippen molar-refractivity contribution in [1.82, 2.24) is 4.90 Å². The second-order valence-corrected chi connectivity index (χ2v) is 7.86. The molecule has 166 valence electrons. The van der Waals surface area contributed by atoms with Crippen molar-refractivity contribution < 1.29 is 9.53 Å². The summed E-state index contributed by atoms with van der Waals surface area (Å²) in [4.78, 5) is 11.8. The third-order valence-corrected chi connectivity index (χ3v) is 4.61. The van der Waals surface area contributed by atoms with Crippen LogP contribution in [0.2, 0.25) is 0 Å². The Hall–Kier alpha value is -2.67. The summed E-state index contributed by atoms with van der Waals surface area (Å²) >= 11 is 0. The smallest absolute Gasteiger partial charge is 0.146 e. The fourth-order valence-electron chi connectivity index (χ4n) is 2.90. The van der Waals surface area contributed by atoms with Crippen LogP contribution in [0.5, 0.6) is 0 Å². The molecular weight excluding hydrogens is 382 g/mol. The third kappa shape index (κ3) is 12.6. The van der Waals surface area contributed by atoms with Crippen LogP contribution in [0.3, 0.4) is 0 Å².